The molecule has 5 rings (SSSR count). The van der Waals surface area contributed by atoms with Crippen LogP contribution in [-0.4, -0.2) is 22.3 Å². The Hall–Kier alpha value is -4.23. The Balaban J connectivity index is 1.60. The van der Waals surface area contributed by atoms with Crippen molar-refractivity contribution >= 4 is 44.6 Å². The van der Waals surface area contributed by atoms with Crippen molar-refractivity contribution in [1.29, 1.82) is 0 Å². The number of carbonyl (C=O) groups excluding carboxylic acids is 2. The molecule has 0 unspecified atom stereocenters. The minimum Gasteiger partial charge on any atom is -0.508 e. The van der Waals surface area contributed by atoms with Crippen molar-refractivity contribution < 1.29 is 24.2 Å². The monoisotopic (exact) mass is 455 g/mol. The van der Waals surface area contributed by atoms with Gasteiger partial charge in [0.05, 0.1) is 11.7 Å². The van der Waals surface area contributed by atoms with E-state index in [4.69, 9.17) is 9.47 Å². The van der Waals surface area contributed by atoms with Gasteiger partial charge in [0.25, 0.3) is 6.47 Å². The maximum Gasteiger partial charge on any atom is 0.298 e. The second-order valence-corrected chi connectivity index (χ2v) is 8.48. The molecule has 0 saturated heterocycles. The van der Waals surface area contributed by atoms with Gasteiger partial charge in [-0.1, -0.05) is 24.3 Å². The van der Waals surface area contributed by atoms with Gasteiger partial charge in [-0.2, -0.15) is 0 Å². The highest BCUT2D eigenvalue weighted by molar-refractivity contribution is 7.21. The van der Waals surface area contributed by atoms with Crippen LogP contribution in [-0.2, 0) is 4.79 Å². The van der Waals surface area contributed by atoms with Crippen molar-refractivity contribution in [2.24, 2.45) is 0 Å². The molecule has 33 heavy (non-hydrogen) atoms. The molecule has 2 aromatic heterocycles. The lowest BCUT2D eigenvalue weighted by atomic mass is 10.0. The van der Waals surface area contributed by atoms with Crippen LogP contribution in [0.15, 0.2) is 72.9 Å². The maximum atomic E-state index is 13.5. The van der Waals surface area contributed by atoms with Crippen LogP contribution >= 0.6 is 11.3 Å². The molecule has 0 aliphatic carbocycles. The molecular formula is C26H17NO5S. The highest BCUT2D eigenvalue weighted by Crippen LogP contribution is 2.43. The number of hydrogen-bond donors (Lipinski definition) is 1. The molecule has 0 fully saturated rings. The largest absolute Gasteiger partial charge is 0.508 e. The van der Waals surface area contributed by atoms with Crippen LogP contribution < -0.4 is 9.47 Å². The summed E-state index contributed by atoms with van der Waals surface area (Å²) in [6, 6.07) is 19.4. The molecule has 5 aromatic rings. The normalized spacial score (nSPS) is 10.9. The van der Waals surface area contributed by atoms with Crippen LogP contribution in [0.3, 0.4) is 0 Å². The fourth-order valence-electron chi connectivity index (χ4n) is 3.64. The van der Waals surface area contributed by atoms with E-state index in [9.17, 15) is 14.7 Å². The van der Waals surface area contributed by atoms with E-state index in [1.165, 1.54) is 17.5 Å². The smallest absolute Gasteiger partial charge is 0.298 e. The number of pyridine rings is 1. The van der Waals surface area contributed by atoms with E-state index in [-0.39, 0.29) is 11.5 Å². The zero-order valence-corrected chi connectivity index (χ0v) is 18.3. The average Bonchev–Trinajstić information content (AvgIpc) is 3.16. The van der Waals surface area contributed by atoms with Crippen LogP contribution in [0.25, 0.3) is 21.0 Å². The van der Waals surface area contributed by atoms with E-state index < -0.39 is 0 Å². The second kappa shape index (κ2) is 8.37. The molecule has 0 aliphatic rings. The lowest BCUT2D eigenvalue weighted by Gasteiger charge is -2.10. The summed E-state index contributed by atoms with van der Waals surface area (Å²) in [5, 5.41) is 11.4. The number of benzene rings is 3. The van der Waals surface area contributed by atoms with E-state index in [0.717, 1.165) is 21.0 Å². The molecule has 162 valence electrons. The number of ether oxygens (including phenoxy) is 2. The average molecular weight is 455 g/mol. The molecule has 3 aromatic carbocycles. The van der Waals surface area contributed by atoms with Gasteiger partial charge in [0.2, 0.25) is 5.78 Å². The maximum absolute atomic E-state index is 13.5. The van der Waals surface area contributed by atoms with Gasteiger partial charge in [-0.05, 0) is 48.9 Å². The zero-order valence-electron chi connectivity index (χ0n) is 17.4. The second-order valence-electron chi connectivity index (χ2n) is 7.43. The molecule has 0 spiro atoms. The summed E-state index contributed by atoms with van der Waals surface area (Å²) < 4.78 is 11.8. The van der Waals surface area contributed by atoms with Crippen molar-refractivity contribution in [3.8, 4) is 23.0 Å². The van der Waals surface area contributed by atoms with Gasteiger partial charge in [0.1, 0.15) is 22.1 Å². The summed E-state index contributed by atoms with van der Waals surface area (Å²) >= 11 is 1.28. The van der Waals surface area contributed by atoms with Crippen molar-refractivity contribution in [2.45, 2.75) is 6.92 Å². The van der Waals surface area contributed by atoms with Crippen molar-refractivity contribution in [2.75, 3.05) is 0 Å². The molecule has 0 bridgehead atoms. The van der Waals surface area contributed by atoms with Gasteiger partial charge >= 0.3 is 0 Å². The Morgan fingerprint density at radius 3 is 2.70 bits per heavy atom. The molecule has 0 amide bonds. The number of aryl methyl sites for hydroxylation is 1. The number of aromatic hydroxyl groups is 1. The van der Waals surface area contributed by atoms with E-state index in [1.54, 1.807) is 48.5 Å². The summed E-state index contributed by atoms with van der Waals surface area (Å²) in [5.74, 6) is 1.27. The van der Waals surface area contributed by atoms with Gasteiger partial charge in [-0.25, -0.2) is 0 Å². The van der Waals surface area contributed by atoms with Crippen LogP contribution in [0, 0.1) is 6.92 Å². The summed E-state index contributed by atoms with van der Waals surface area (Å²) in [6.07, 6.45) is 1.45. The molecule has 1 N–H and O–H groups in total. The number of carbonyl (C=O) groups is 2. The van der Waals surface area contributed by atoms with Gasteiger partial charge in [0.15, 0.2) is 5.75 Å². The van der Waals surface area contributed by atoms with Crippen molar-refractivity contribution in [3.63, 3.8) is 0 Å². The van der Waals surface area contributed by atoms with Crippen LogP contribution in [0.1, 0.15) is 20.8 Å². The molecule has 0 aliphatic heterocycles. The number of phenols is 1. The quantitative estimate of drug-likeness (QED) is 0.249. The number of nitrogens with zero attached hydrogens (tertiary/aromatic N) is 1. The minimum atomic E-state index is -0.140. The third-order valence-electron chi connectivity index (χ3n) is 5.26. The minimum absolute atomic E-state index is 0.119. The van der Waals surface area contributed by atoms with E-state index in [2.05, 4.69) is 4.98 Å². The Morgan fingerprint density at radius 1 is 1.03 bits per heavy atom. The first-order valence-electron chi connectivity index (χ1n) is 10.1. The van der Waals surface area contributed by atoms with Crippen LogP contribution in [0.5, 0.6) is 23.0 Å². The van der Waals surface area contributed by atoms with Gasteiger partial charge in [0, 0.05) is 27.1 Å². The van der Waals surface area contributed by atoms with Crippen molar-refractivity contribution in [3.05, 3.63) is 88.9 Å². The van der Waals surface area contributed by atoms with Gasteiger partial charge in [-0.3, -0.25) is 14.6 Å². The highest BCUT2D eigenvalue weighted by Gasteiger charge is 2.23. The first-order chi connectivity index (χ1) is 16.0. The predicted molar refractivity (Wildman–Crippen MR) is 127 cm³/mol. The predicted octanol–water partition coefficient (Wildman–Crippen LogP) is 6.02. The van der Waals surface area contributed by atoms with Crippen LogP contribution in [0.4, 0.5) is 0 Å². The number of aromatic nitrogens is 1. The first-order valence-corrected chi connectivity index (χ1v) is 10.9. The van der Waals surface area contributed by atoms with E-state index in [0.29, 0.717) is 39.7 Å². The lowest BCUT2D eigenvalue weighted by Crippen LogP contribution is -2.03. The van der Waals surface area contributed by atoms with Crippen molar-refractivity contribution in [1.82, 2.24) is 4.98 Å². The fourth-order valence-corrected chi connectivity index (χ4v) is 4.76. The molecule has 2 heterocycles. The number of hydrogen-bond acceptors (Lipinski definition) is 7. The number of rotatable bonds is 6. The Bertz CT molecular complexity index is 1540. The number of phenolic OH excluding ortho intramolecular Hbond substituents is 1. The van der Waals surface area contributed by atoms with Crippen LogP contribution in [0.2, 0.25) is 0 Å². The molecule has 6 nitrogen and oxygen atoms in total. The highest BCUT2D eigenvalue weighted by atomic mass is 32.1. The summed E-state index contributed by atoms with van der Waals surface area (Å²) in [4.78, 5) is 28.8. The molecule has 0 atom stereocenters. The van der Waals surface area contributed by atoms with E-state index >= 15 is 0 Å². The van der Waals surface area contributed by atoms with Gasteiger partial charge in [-0.15, -0.1) is 11.3 Å². The Labute approximate surface area is 192 Å². The summed E-state index contributed by atoms with van der Waals surface area (Å²) in [6.45, 7) is 2.25. The zero-order chi connectivity index (χ0) is 22.9. The SMILES string of the molecule is Cc1ccccc1C(=O)c1sc2cc(O)ccc2c1Oc1ccc2cc(OC=O)cnc2c1. The fraction of sp³-hybridized carbons (Fsp3) is 0.0385. The molecule has 0 saturated carbocycles. The summed E-state index contributed by atoms with van der Waals surface area (Å²) in [7, 11) is 0. The Morgan fingerprint density at radius 2 is 1.88 bits per heavy atom. The number of thiophene rings is 1. The molecule has 0 radical (unpaired) electrons. The lowest BCUT2D eigenvalue weighted by molar-refractivity contribution is -0.120. The third-order valence-corrected chi connectivity index (χ3v) is 6.39. The third kappa shape index (κ3) is 3.90. The molecular weight excluding hydrogens is 438 g/mol. The first kappa shape index (κ1) is 20.7. The number of fused-ring (bicyclic) bond motifs is 2. The standard InChI is InChI=1S/C26H17NO5S/c1-15-4-2-3-5-20(15)24(30)26-25(21-9-7-17(29)11-23(21)33-26)32-18-8-6-16-10-19(31-14-28)13-27-22(16)12-18/h2-14,29H,1H3. The van der Waals surface area contributed by atoms with E-state index in [1.807, 2.05) is 25.1 Å². The topological polar surface area (TPSA) is 85.7 Å². The molecule has 7 heteroatoms. The number of ketones is 1. The Kier molecular flexibility index (Phi) is 5.24. The van der Waals surface area contributed by atoms with Gasteiger partial charge < -0.3 is 14.6 Å². The summed E-state index contributed by atoms with van der Waals surface area (Å²) in [5.41, 5.74) is 2.12.